The molecule has 0 aliphatic heterocycles. The molecule has 1 aliphatic rings. The van der Waals surface area contributed by atoms with E-state index < -0.39 is 0 Å². The number of ether oxygens (including phenoxy) is 2. The molecule has 1 heterocycles. The van der Waals surface area contributed by atoms with E-state index in [0.29, 0.717) is 18.3 Å². The van der Waals surface area contributed by atoms with Gasteiger partial charge in [-0.3, -0.25) is 0 Å². The Hall–Kier alpha value is -1.76. The normalized spacial score (nSPS) is 14.2. The van der Waals surface area contributed by atoms with Crippen LogP contribution in [0.1, 0.15) is 30.0 Å². The lowest BCUT2D eigenvalue weighted by molar-refractivity contribution is 0.394. The lowest BCUT2D eigenvalue weighted by Gasteiger charge is -2.13. The van der Waals surface area contributed by atoms with Crippen LogP contribution in [0.5, 0.6) is 11.5 Å². The molecule has 1 fully saturated rings. The SMILES string of the molecule is COc1cc(Cn2nnc(N)c2C2CC2)c(OC)cc1Br. The van der Waals surface area contributed by atoms with E-state index in [1.165, 1.54) is 0 Å². The van der Waals surface area contributed by atoms with Gasteiger partial charge in [0, 0.05) is 11.5 Å². The monoisotopic (exact) mass is 352 g/mol. The van der Waals surface area contributed by atoms with Gasteiger partial charge < -0.3 is 15.2 Å². The number of halogens is 1. The van der Waals surface area contributed by atoms with Crippen LogP contribution in [0.15, 0.2) is 16.6 Å². The first-order valence-electron chi connectivity index (χ1n) is 6.73. The van der Waals surface area contributed by atoms with Crippen molar-refractivity contribution in [2.75, 3.05) is 20.0 Å². The minimum absolute atomic E-state index is 0.489. The average molecular weight is 353 g/mol. The molecule has 21 heavy (non-hydrogen) atoms. The minimum atomic E-state index is 0.489. The average Bonchev–Trinajstić information content (AvgIpc) is 3.25. The quantitative estimate of drug-likeness (QED) is 0.894. The van der Waals surface area contributed by atoms with Crippen LogP contribution in [-0.4, -0.2) is 29.2 Å². The van der Waals surface area contributed by atoms with E-state index in [1.807, 2.05) is 16.8 Å². The van der Waals surface area contributed by atoms with E-state index in [-0.39, 0.29) is 0 Å². The van der Waals surface area contributed by atoms with Crippen LogP contribution in [0.2, 0.25) is 0 Å². The third-order valence-electron chi connectivity index (χ3n) is 3.64. The Morgan fingerprint density at radius 3 is 2.62 bits per heavy atom. The van der Waals surface area contributed by atoms with Gasteiger partial charge in [0.05, 0.1) is 30.9 Å². The summed E-state index contributed by atoms with van der Waals surface area (Å²) in [6.45, 7) is 0.558. The van der Waals surface area contributed by atoms with Gasteiger partial charge in [-0.15, -0.1) is 5.10 Å². The molecule has 0 bridgehead atoms. The number of nitrogens with two attached hydrogens (primary N) is 1. The zero-order chi connectivity index (χ0) is 15.0. The number of rotatable bonds is 5. The minimum Gasteiger partial charge on any atom is -0.496 e. The van der Waals surface area contributed by atoms with Crippen LogP contribution in [0.25, 0.3) is 0 Å². The van der Waals surface area contributed by atoms with Gasteiger partial charge >= 0.3 is 0 Å². The maximum absolute atomic E-state index is 5.93. The second-order valence-corrected chi connectivity index (χ2v) is 5.94. The van der Waals surface area contributed by atoms with E-state index in [0.717, 1.165) is 40.1 Å². The summed E-state index contributed by atoms with van der Waals surface area (Å²) in [5.74, 6) is 2.55. The molecular weight excluding hydrogens is 336 g/mol. The summed E-state index contributed by atoms with van der Waals surface area (Å²) in [6.07, 6.45) is 2.30. The van der Waals surface area contributed by atoms with E-state index in [4.69, 9.17) is 15.2 Å². The first-order chi connectivity index (χ1) is 10.1. The van der Waals surface area contributed by atoms with Crippen molar-refractivity contribution in [3.63, 3.8) is 0 Å². The fraction of sp³-hybridized carbons (Fsp3) is 0.429. The fourth-order valence-corrected chi connectivity index (χ4v) is 2.92. The highest BCUT2D eigenvalue weighted by molar-refractivity contribution is 9.10. The van der Waals surface area contributed by atoms with Crippen LogP contribution >= 0.6 is 15.9 Å². The van der Waals surface area contributed by atoms with Gasteiger partial charge in [0.15, 0.2) is 5.82 Å². The molecule has 1 saturated carbocycles. The van der Waals surface area contributed by atoms with Crippen molar-refractivity contribution >= 4 is 21.7 Å². The van der Waals surface area contributed by atoms with Crippen LogP contribution < -0.4 is 15.2 Å². The lowest BCUT2D eigenvalue weighted by Crippen LogP contribution is -2.08. The standard InChI is InChI=1S/C14H17BrN4O2/c1-20-11-6-10(15)12(21-2)5-9(11)7-19-13(8-3-4-8)14(16)17-18-19/h5-6,8H,3-4,7,16H2,1-2H3. The summed E-state index contributed by atoms with van der Waals surface area (Å²) in [7, 11) is 3.29. The first kappa shape index (κ1) is 14.2. The number of hydrogen-bond acceptors (Lipinski definition) is 5. The van der Waals surface area contributed by atoms with E-state index in [1.54, 1.807) is 14.2 Å². The third-order valence-corrected chi connectivity index (χ3v) is 4.26. The number of anilines is 1. The van der Waals surface area contributed by atoms with E-state index in [2.05, 4.69) is 26.2 Å². The number of benzene rings is 1. The molecule has 0 saturated heterocycles. The summed E-state index contributed by atoms with van der Waals surface area (Å²) in [5, 5.41) is 8.16. The molecule has 0 radical (unpaired) electrons. The van der Waals surface area contributed by atoms with Gasteiger partial charge in [-0.2, -0.15) is 0 Å². The predicted octanol–water partition coefficient (Wildman–Crippen LogP) is 2.57. The van der Waals surface area contributed by atoms with Gasteiger partial charge in [0.1, 0.15) is 11.5 Å². The molecular formula is C14H17BrN4O2. The van der Waals surface area contributed by atoms with Crippen molar-refractivity contribution in [3.8, 4) is 11.5 Å². The van der Waals surface area contributed by atoms with Crippen LogP contribution in [0.4, 0.5) is 5.82 Å². The molecule has 0 atom stereocenters. The Balaban J connectivity index is 1.97. The van der Waals surface area contributed by atoms with Gasteiger partial charge in [-0.1, -0.05) is 5.21 Å². The largest absolute Gasteiger partial charge is 0.496 e. The molecule has 3 rings (SSSR count). The number of nitrogen functional groups attached to an aromatic ring is 1. The molecule has 2 aromatic rings. The molecule has 7 heteroatoms. The number of hydrogen-bond donors (Lipinski definition) is 1. The third kappa shape index (κ3) is 2.70. The Labute approximate surface area is 131 Å². The number of methoxy groups -OCH3 is 2. The summed E-state index contributed by atoms with van der Waals surface area (Å²) >= 11 is 3.46. The van der Waals surface area contributed by atoms with Gasteiger partial charge in [0.2, 0.25) is 0 Å². The maximum Gasteiger partial charge on any atom is 0.169 e. The van der Waals surface area contributed by atoms with Gasteiger partial charge in [0.25, 0.3) is 0 Å². The highest BCUT2D eigenvalue weighted by Crippen LogP contribution is 2.42. The molecule has 1 aliphatic carbocycles. The molecule has 2 N–H and O–H groups in total. The Morgan fingerprint density at radius 2 is 2.00 bits per heavy atom. The Kier molecular flexibility index (Phi) is 3.75. The van der Waals surface area contributed by atoms with Gasteiger partial charge in [-0.05, 0) is 40.9 Å². The molecule has 112 valence electrons. The van der Waals surface area contributed by atoms with Crippen LogP contribution in [0.3, 0.4) is 0 Å². The number of aromatic nitrogens is 3. The second-order valence-electron chi connectivity index (χ2n) is 5.09. The molecule has 1 aromatic heterocycles. The Morgan fingerprint density at radius 1 is 1.29 bits per heavy atom. The highest BCUT2D eigenvalue weighted by Gasteiger charge is 2.30. The van der Waals surface area contributed by atoms with Crippen molar-refractivity contribution in [2.24, 2.45) is 0 Å². The highest BCUT2D eigenvalue weighted by atomic mass is 79.9. The predicted molar refractivity (Wildman–Crippen MR) is 82.8 cm³/mol. The summed E-state index contributed by atoms with van der Waals surface area (Å²) in [6, 6.07) is 3.84. The molecule has 0 amide bonds. The molecule has 0 spiro atoms. The zero-order valence-corrected chi connectivity index (χ0v) is 13.6. The lowest BCUT2D eigenvalue weighted by atomic mass is 10.1. The Bertz CT molecular complexity index is 667. The zero-order valence-electron chi connectivity index (χ0n) is 12.0. The second kappa shape index (κ2) is 5.55. The topological polar surface area (TPSA) is 75.2 Å². The number of nitrogens with zero attached hydrogens (tertiary/aromatic N) is 3. The molecule has 0 unspecified atom stereocenters. The first-order valence-corrected chi connectivity index (χ1v) is 7.52. The summed E-state index contributed by atoms with van der Waals surface area (Å²) in [5.41, 5.74) is 7.93. The van der Waals surface area contributed by atoms with Crippen molar-refractivity contribution in [1.29, 1.82) is 0 Å². The molecule has 1 aromatic carbocycles. The van der Waals surface area contributed by atoms with Crippen molar-refractivity contribution in [2.45, 2.75) is 25.3 Å². The van der Waals surface area contributed by atoms with Crippen LogP contribution in [-0.2, 0) is 6.54 Å². The smallest absolute Gasteiger partial charge is 0.169 e. The maximum atomic E-state index is 5.93. The fourth-order valence-electron chi connectivity index (χ4n) is 2.44. The molecule has 6 nitrogen and oxygen atoms in total. The van der Waals surface area contributed by atoms with Crippen molar-refractivity contribution < 1.29 is 9.47 Å². The van der Waals surface area contributed by atoms with Gasteiger partial charge in [-0.25, -0.2) is 4.68 Å². The summed E-state index contributed by atoms with van der Waals surface area (Å²) < 4.78 is 13.5. The van der Waals surface area contributed by atoms with E-state index >= 15 is 0 Å². The summed E-state index contributed by atoms with van der Waals surface area (Å²) in [4.78, 5) is 0. The van der Waals surface area contributed by atoms with E-state index in [9.17, 15) is 0 Å². The van der Waals surface area contributed by atoms with Crippen molar-refractivity contribution in [1.82, 2.24) is 15.0 Å². The van der Waals surface area contributed by atoms with Crippen LogP contribution in [0, 0.1) is 0 Å². The van der Waals surface area contributed by atoms with Crippen molar-refractivity contribution in [3.05, 3.63) is 27.9 Å².